The van der Waals surface area contributed by atoms with Crippen molar-refractivity contribution in [1.29, 1.82) is 0 Å². The van der Waals surface area contributed by atoms with E-state index in [0.717, 1.165) is 29.4 Å². The fourth-order valence-electron chi connectivity index (χ4n) is 2.48. The van der Waals surface area contributed by atoms with E-state index >= 15 is 0 Å². The summed E-state index contributed by atoms with van der Waals surface area (Å²) in [6.45, 7) is 4.63. The van der Waals surface area contributed by atoms with Crippen LogP contribution in [0.2, 0.25) is 0 Å². The summed E-state index contributed by atoms with van der Waals surface area (Å²) in [5.41, 5.74) is 1.03. The Bertz CT molecular complexity index is 763. The fraction of sp³-hybridized carbons (Fsp3) is 0.400. The molecule has 3 N–H and O–H groups in total. The second-order valence-corrected chi connectivity index (χ2v) is 6.85. The number of thiophene rings is 1. The molecule has 0 aliphatic heterocycles. The summed E-state index contributed by atoms with van der Waals surface area (Å²) in [4.78, 5) is 17.2. The van der Waals surface area contributed by atoms with Gasteiger partial charge in [-0.25, -0.2) is 4.99 Å². The fourth-order valence-corrected chi connectivity index (χ4v) is 3.12. The minimum Gasteiger partial charge on any atom is -0.493 e. The molecule has 0 spiro atoms. The molecule has 0 radical (unpaired) electrons. The van der Waals surface area contributed by atoms with Crippen LogP contribution in [0, 0.1) is 0 Å². The number of nitrogens with zero attached hydrogens (tertiary/aromatic N) is 1. The molecule has 0 saturated heterocycles. The summed E-state index contributed by atoms with van der Waals surface area (Å²) in [7, 11) is 3.24. The molecule has 0 bridgehead atoms. The molecule has 0 atom stereocenters. The summed E-state index contributed by atoms with van der Waals surface area (Å²) in [5, 5.41) is 11.3. The molecule has 0 saturated carbocycles. The second-order valence-electron chi connectivity index (χ2n) is 5.90. The Hall–Kier alpha value is -2.74. The van der Waals surface area contributed by atoms with Crippen molar-refractivity contribution in [3.8, 4) is 11.5 Å². The number of rotatable bonds is 10. The molecule has 0 aliphatic rings. The number of nitrogens with one attached hydrogen (secondary N) is 3. The molecular weight excluding hydrogens is 376 g/mol. The molecule has 8 heteroatoms. The second kappa shape index (κ2) is 11.9. The number of benzene rings is 1. The number of methoxy groups -OCH3 is 2. The minimum atomic E-state index is -0.0240. The van der Waals surface area contributed by atoms with Crippen LogP contribution in [0.15, 0.2) is 40.7 Å². The number of guanidine groups is 1. The van der Waals surface area contributed by atoms with Crippen molar-refractivity contribution in [3.05, 3.63) is 46.2 Å². The Morgan fingerprint density at radius 2 is 1.86 bits per heavy atom. The first kappa shape index (κ1) is 21.6. The van der Waals surface area contributed by atoms with Gasteiger partial charge in [0.15, 0.2) is 17.5 Å². The SMILES string of the molecule is CCNC(=NCc1ccc(OC)c(OC)c1)NCCCNC(=O)c1cccs1. The van der Waals surface area contributed by atoms with E-state index in [9.17, 15) is 4.79 Å². The van der Waals surface area contributed by atoms with Crippen LogP contribution < -0.4 is 25.4 Å². The highest BCUT2D eigenvalue weighted by Gasteiger charge is 2.06. The van der Waals surface area contributed by atoms with E-state index in [1.165, 1.54) is 11.3 Å². The third-order valence-electron chi connectivity index (χ3n) is 3.89. The predicted octanol–water partition coefficient (Wildman–Crippen LogP) is 2.64. The van der Waals surface area contributed by atoms with Crippen molar-refractivity contribution in [2.24, 2.45) is 4.99 Å². The summed E-state index contributed by atoms with van der Waals surface area (Å²) in [6.07, 6.45) is 0.803. The summed E-state index contributed by atoms with van der Waals surface area (Å²) >= 11 is 1.44. The number of ether oxygens (including phenoxy) is 2. The lowest BCUT2D eigenvalue weighted by molar-refractivity contribution is 0.0957. The molecule has 0 unspecified atom stereocenters. The van der Waals surface area contributed by atoms with E-state index in [-0.39, 0.29) is 5.91 Å². The molecule has 2 rings (SSSR count). The average Bonchev–Trinajstić information content (AvgIpc) is 3.26. The van der Waals surface area contributed by atoms with Gasteiger partial charge in [-0.05, 0) is 42.5 Å². The van der Waals surface area contributed by atoms with E-state index in [0.29, 0.717) is 31.1 Å². The van der Waals surface area contributed by atoms with Crippen molar-refractivity contribution in [2.75, 3.05) is 33.9 Å². The van der Waals surface area contributed by atoms with Crippen LogP contribution in [-0.4, -0.2) is 45.7 Å². The first-order valence-electron chi connectivity index (χ1n) is 9.22. The minimum absolute atomic E-state index is 0.0240. The van der Waals surface area contributed by atoms with Gasteiger partial charge in [0, 0.05) is 19.6 Å². The quantitative estimate of drug-likeness (QED) is 0.322. The van der Waals surface area contributed by atoms with Crippen molar-refractivity contribution in [2.45, 2.75) is 19.9 Å². The van der Waals surface area contributed by atoms with Gasteiger partial charge in [-0.15, -0.1) is 11.3 Å². The van der Waals surface area contributed by atoms with E-state index in [1.807, 2.05) is 42.6 Å². The lowest BCUT2D eigenvalue weighted by atomic mass is 10.2. The molecule has 1 aromatic heterocycles. The zero-order valence-electron chi connectivity index (χ0n) is 16.6. The standard InChI is InChI=1S/C20H28N4O3S/c1-4-21-20(23-11-6-10-22-19(25)18-7-5-12-28-18)24-14-15-8-9-16(26-2)17(13-15)27-3/h5,7-9,12-13H,4,6,10-11,14H2,1-3H3,(H,22,25)(H2,21,23,24). The highest BCUT2D eigenvalue weighted by molar-refractivity contribution is 7.12. The van der Waals surface area contributed by atoms with Crippen molar-refractivity contribution in [3.63, 3.8) is 0 Å². The molecule has 7 nitrogen and oxygen atoms in total. The first-order chi connectivity index (χ1) is 13.7. The molecule has 1 heterocycles. The third-order valence-corrected chi connectivity index (χ3v) is 4.76. The highest BCUT2D eigenvalue weighted by Crippen LogP contribution is 2.27. The van der Waals surface area contributed by atoms with Crippen LogP contribution in [0.5, 0.6) is 11.5 Å². The summed E-state index contributed by atoms with van der Waals surface area (Å²) in [5.74, 6) is 2.10. The molecule has 1 amide bonds. The van der Waals surface area contributed by atoms with Crippen LogP contribution in [0.4, 0.5) is 0 Å². The number of carbonyl (C=O) groups excluding carboxylic acids is 1. The van der Waals surface area contributed by atoms with Crippen LogP contribution in [0.3, 0.4) is 0 Å². The topological polar surface area (TPSA) is 84.0 Å². The van der Waals surface area contributed by atoms with Crippen molar-refractivity contribution >= 4 is 23.2 Å². The van der Waals surface area contributed by atoms with Gasteiger partial charge in [0.2, 0.25) is 0 Å². The lowest BCUT2D eigenvalue weighted by Gasteiger charge is -2.12. The normalized spacial score (nSPS) is 11.0. The molecule has 1 aromatic carbocycles. The van der Waals surface area contributed by atoms with Crippen LogP contribution in [0.25, 0.3) is 0 Å². The third kappa shape index (κ3) is 6.77. The van der Waals surface area contributed by atoms with Crippen molar-refractivity contribution < 1.29 is 14.3 Å². The maximum atomic E-state index is 11.9. The maximum Gasteiger partial charge on any atom is 0.261 e. The Kier molecular flexibility index (Phi) is 9.14. The highest BCUT2D eigenvalue weighted by atomic mass is 32.1. The van der Waals surface area contributed by atoms with E-state index in [2.05, 4.69) is 20.9 Å². The van der Waals surface area contributed by atoms with Gasteiger partial charge in [-0.2, -0.15) is 0 Å². The number of amides is 1. The molecule has 0 fully saturated rings. The van der Waals surface area contributed by atoms with Crippen LogP contribution in [-0.2, 0) is 6.54 Å². The van der Waals surface area contributed by atoms with E-state index < -0.39 is 0 Å². The molecule has 152 valence electrons. The van der Waals surface area contributed by atoms with Gasteiger partial charge in [-0.3, -0.25) is 4.79 Å². The first-order valence-corrected chi connectivity index (χ1v) is 10.1. The summed E-state index contributed by atoms with van der Waals surface area (Å²) in [6, 6.07) is 9.46. The lowest BCUT2D eigenvalue weighted by Crippen LogP contribution is -2.38. The van der Waals surface area contributed by atoms with Gasteiger partial charge >= 0.3 is 0 Å². The van der Waals surface area contributed by atoms with Gasteiger partial charge < -0.3 is 25.4 Å². The van der Waals surface area contributed by atoms with Gasteiger partial charge in [-0.1, -0.05) is 12.1 Å². The number of hydrogen-bond acceptors (Lipinski definition) is 5. The number of carbonyl (C=O) groups is 1. The molecule has 28 heavy (non-hydrogen) atoms. The predicted molar refractivity (Wildman–Crippen MR) is 114 cm³/mol. The smallest absolute Gasteiger partial charge is 0.261 e. The van der Waals surface area contributed by atoms with Crippen molar-refractivity contribution in [1.82, 2.24) is 16.0 Å². The molecular formula is C20H28N4O3S. The Morgan fingerprint density at radius 1 is 1.07 bits per heavy atom. The summed E-state index contributed by atoms with van der Waals surface area (Å²) < 4.78 is 10.6. The van der Waals surface area contributed by atoms with Gasteiger partial charge in [0.25, 0.3) is 5.91 Å². The maximum absolute atomic E-state index is 11.9. The molecule has 2 aromatic rings. The van der Waals surface area contributed by atoms with Gasteiger partial charge in [0.05, 0.1) is 25.6 Å². The number of hydrogen-bond donors (Lipinski definition) is 3. The van der Waals surface area contributed by atoms with E-state index in [1.54, 1.807) is 14.2 Å². The van der Waals surface area contributed by atoms with Gasteiger partial charge in [0.1, 0.15) is 0 Å². The van der Waals surface area contributed by atoms with Crippen LogP contribution >= 0.6 is 11.3 Å². The molecule has 0 aliphatic carbocycles. The zero-order valence-corrected chi connectivity index (χ0v) is 17.4. The largest absolute Gasteiger partial charge is 0.493 e. The Labute approximate surface area is 170 Å². The Morgan fingerprint density at radius 3 is 2.54 bits per heavy atom. The Balaban J connectivity index is 1.79. The average molecular weight is 405 g/mol. The monoisotopic (exact) mass is 404 g/mol. The number of aliphatic imine (C=N–C) groups is 1. The zero-order chi connectivity index (χ0) is 20.2. The van der Waals surface area contributed by atoms with Crippen LogP contribution in [0.1, 0.15) is 28.6 Å². The van der Waals surface area contributed by atoms with E-state index in [4.69, 9.17) is 9.47 Å².